The van der Waals surface area contributed by atoms with Crippen molar-refractivity contribution in [2.75, 3.05) is 25.1 Å². The molecule has 1 aliphatic rings. The Bertz CT molecular complexity index is 467. The topological polar surface area (TPSA) is 61.8 Å². The van der Waals surface area contributed by atoms with Crippen LogP contribution in [0.15, 0.2) is 22.7 Å². The first-order valence-corrected chi connectivity index (χ1v) is 6.92. The quantitative estimate of drug-likeness (QED) is 0.889. The van der Waals surface area contributed by atoms with E-state index in [-0.39, 0.29) is 18.7 Å². The lowest BCUT2D eigenvalue weighted by Gasteiger charge is -2.20. The van der Waals surface area contributed by atoms with Crippen LogP contribution < -0.4 is 10.2 Å². The zero-order chi connectivity index (χ0) is 13.8. The molecule has 1 aromatic rings. The van der Waals surface area contributed by atoms with Gasteiger partial charge < -0.3 is 20.1 Å². The van der Waals surface area contributed by atoms with Crippen molar-refractivity contribution in [2.45, 2.75) is 19.1 Å². The van der Waals surface area contributed by atoms with Crippen LogP contribution in [0.25, 0.3) is 0 Å². The van der Waals surface area contributed by atoms with Gasteiger partial charge in [-0.25, -0.2) is 4.79 Å². The first kappa shape index (κ1) is 14.1. The standard InChI is InChI=1S/C13H17BrN2O3/c1-19-13(18)15-10-4-5-16(7-10)12-3-2-9(8-17)6-11(12)14/h2-3,6,10,17H,4-5,7-8H2,1H3,(H,15,18). The number of halogens is 1. The normalized spacial score (nSPS) is 18.5. The Morgan fingerprint density at radius 2 is 2.42 bits per heavy atom. The van der Waals surface area contributed by atoms with Gasteiger partial charge in [-0.1, -0.05) is 6.07 Å². The zero-order valence-corrected chi connectivity index (χ0v) is 12.3. The van der Waals surface area contributed by atoms with E-state index >= 15 is 0 Å². The maximum absolute atomic E-state index is 11.2. The SMILES string of the molecule is COC(=O)NC1CCN(c2ccc(CO)cc2Br)C1. The highest BCUT2D eigenvalue weighted by molar-refractivity contribution is 9.10. The number of ether oxygens (including phenoxy) is 1. The van der Waals surface area contributed by atoms with E-state index in [1.54, 1.807) is 0 Å². The molecule has 1 unspecified atom stereocenters. The van der Waals surface area contributed by atoms with E-state index in [2.05, 4.69) is 30.9 Å². The van der Waals surface area contributed by atoms with Gasteiger partial charge in [-0.05, 0) is 40.0 Å². The van der Waals surface area contributed by atoms with Crippen molar-refractivity contribution in [3.63, 3.8) is 0 Å². The van der Waals surface area contributed by atoms with E-state index < -0.39 is 0 Å². The summed E-state index contributed by atoms with van der Waals surface area (Å²) in [5.74, 6) is 0. The molecule has 0 saturated carbocycles. The Kier molecular flexibility index (Phi) is 4.66. The van der Waals surface area contributed by atoms with Gasteiger partial charge in [-0.15, -0.1) is 0 Å². The van der Waals surface area contributed by atoms with Gasteiger partial charge in [0.05, 0.1) is 25.4 Å². The second-order valence-electron chi connectivity index (χ2n) is 4.51. The minimum Gasteiger partial charge on any atom is -0.453 e. The molecule has 0 bridgehead atoms. The number of hydrogen-bond donors (Lipinski definition) is 2. The van der Waals surface area contributed by atoms with Crippen molar-refractivity contribution < 1.29 is 14.6 Å². The Morgan fingerprint density at radius 3 is 3.05 bits per heavy atom. The summed E-state index contributed by atoms with van der Waals surface area (Å²) in [6.45, 7) is 1.67. The van der Waals surface area contributed by atoms with Crippen molar-refractivity contribution in [1.82, 2.24) is 5.32 Å². The number of hydrogen-bond acceptors (Lipinski definition) is 4. The molecule has 104 valence electrons. The average molecular weight is 329 g/mol. The molecule has 2 rings (SSSR count). The number of benzene rings is 1. The zero-order valence-electron chi connectivity index (χ0n) is 10.7. The van der Waals surface area contributed by atoms with Crippen LogP contribution in [-0.4, -0.2) is 37.4 Å². The lowest BCUT2D eigenvalue weighted by Crippen LogP contribution is -2.37. The third kappa shape index (κ3) is 3.39. The van der Waals surface area contributed by atoms with Crippen LogP contribution in [0, 0.1) is 0 Å². The minimum atomic E-state index is -0.387. The molecule has 6 heteroatoms. The van der Waals surface area contributed by atoms with Gasteiger partial charge in [-0.2, -0.15) is 0 Å². The van der Waals surface area contributed by atoms with Gasteiger partial charge in [0, 0.05) is 17.6 Å². The maximum Gasteiger partial charge on any atom is 0.407 e. The molecular weight excluding hydrogens is 312 g/mol. The van der Waals surface area contributed by atoms with Crippen LogP contribution >= 0.6 is 15.9 Å². The third-order valence-corrected chi connectivity index (χ3v) is 3.87. The predicted molar refractivity (Wildman–Crippen MR) is 76.2 cm³/mol. The smallest absolute Gasteiger partial charge is 0.407 e. The fourth-order valence-electron chi connectivity index (χ4n) is 2.23. The second-order valence-corrected chi connectivity index (χ2v) is 5.37. The number of methoxy groups -OCH3 is 1. The number of aliphatic hydroxyl groups excluding tert-OH is 1. The molecule has 0 aliphatic carbocycles. The van der Waals surface area contributed by atoms with Crippen LogP contribution in [-0.2, 0) is 11.3 Å². The van der Waals surface area contributed by atoms with Crippen molar-refractivity contribution in [1.29, 1.82) is 0 Å². The van der Waals surface area contributed by atoms with E-state index in [0.717, 1.165) is 35.2 Å². The molecule has 1 atom stereocenters. The molecule has 19 heavy (non-hydrogen) atoms. The highest BCUT2D eigenvalue weighted by Gasteiger charge is 2.25. The summed E-state index contributed by atoms with van der Waals surface area (Å²) in [5, 5.41) is 11.9. The van der Waals surface area contributed by atoms with Crippen molar-refractivity contribution >= 4 is 27.7 Å². The fourth-order valence-corrected chi connectivity index (χ4v) is 2.90. The van der Waals surface area contributed by atoms with Crippen molar-refractivity contribution in [3.8, 4) is 0 Å². The van der Waals surface area contributed by atoms with E-state index in [4.69, 9.17) is 5.11 Å². The fraction of sp³-hybridized carbons (Fsp3) is 0.462. The van der Waals surface area contributed by atoms with E-state index in [1.807, 2.05) is 18.2 Å². The van der Waals surface area contributed by atoms with Gasteiger partial charge in [-0.3, -0.25) is 0 Å². The number of rotatable bonds is 3. The lowest BCUT2D eigenvalue weighted by atomic mass is 10.2. The molecular formula is C13H17BrN2O3. The number of amides is 1. The summed E-state index contributed by atoms with van der Waals surface area (Å²) in [6, 6.07) is 5.91. The molecule has 1 fully saturated rings. The Morgan fingerprint density at radius 1 is 1.63 bits per heavy atom. The van der Waals surface area contributed by atoms with Gasteiger partial charge in [0.1, 0.15) is 0 Å². The van der Waals surface area contributed by atoms with Gasteiger partial charge in [0.2, 0.25) is 0 Å². The summed E-state index contributed by atoms with van der Waals surface area (Å²) in [4.78, 5) is 13.4. The maximum atomic E-state index is 11.2. The van der Waals surface area contributed by atoms with Crippen molar-refractivity contribution in [2.24, 2.45) is 0 Å². The van der Waals surface area contributed by atoms with Crippen LogP contribution in [0.4, 0.5) is 10.5 Å². The highest BCUT2D eigenvalue weighted by Crippen LogP contribution is 2.30. The number of carbonyl (C=O) groups excluding carboxylic acids is 1. The molecule has 1 aliphatic heterocycles. The number of aliphatic hydroxyl groups is 1. The first-order valence-electron chi connectivity index (χ1n) is 6.12. The Hall–Kier alpha value is -1.27. The molecule has 2 N–H and O–H groups in total. The molecule has 1 saturated heterocycles. The molecule has 1 amide bonds. The highest BCUT2D eigenvalue weighted by atomic mass is 79.9. The molecule has 0 radical (unpaired) electrons. The number of nitrogens with zero attached hydrogens (tertiary/aromatic N) is 1. The number of alkyl carbamates (subject to hydrolysis) is 1. The largest absolute Gasteiger partial charge is 0.453 e. The summed E-state index contributed by atoms with van der Waals surface area (Å²) < 4.78 is 5.56. The predicted octanol–water partition coefficient (Wildman–Crippen LogP) is 1.88. The van der Waals surface area contributed by atoms with Gasteiger partial charge in [0.15, 0.2) is 0 Å². The molecule has 0 aromatic heterocycles. The van der Waals surface area contributed by atoms with Crippen LogP contribution in [0.2, 0.25) is 0 Å². The van der Waals surface area contributed by atoms with E-state index in [1.165, 1.54) is 7.11 Å². The molecule has 1 heterocycles. The second kappa shape index (κ2) is 6.25. The Labute approximate surface area is 120 Å². The van der Waals surface area contributed by atoms with Crippen LogP contribution in [0.1, 0.15) is 12.0 Å². The molecule has 5 nitrogen and oxygen atoms in total. The number of anilines is 1. The van der Waals surface area contributed by atoms with Crippen LogP contribution in [0.3, 0.4) is 0 Å². The third-order valence-electron chi connectivity index (χ3n) is 3.23. The van der Waals surface area contributed by atoms with Crippen molar-refractivity contribution in [3.05, 3.63) is 28.2 Å². The summed E-state index contributed by atoms with van der Waals surface area (Å²) >= 11 is 3.52. The van der Waals surface area contributed by atoms with Crippen LogP contribution in [0.5, 0.6) is 0 Å². The number of carbonyl (C=O) groups is 1. The summed E-state index contributed by atoms with van der Waals surface area (Å²) in [6.07, 6.45) is 0.505. The monoisotopic (exact) mass is 328 g/mol. The van der Waals surface area contributed by atoms with Gasteiger partial charge in [0.25, 0.3) is 0 Å². The Balaban J connectivity index is 2.02. The molecule has 1 aromatic carbocycles. The number of nitrogens with one attached hydrogen (secondary N) is 1. The lowest BCUT2D eigenvalue weighted by molar-refractivity contribution is 0.167. The summed E-state index contributed by atoms with van der Waals surface area (Å²) in [7, 11) is 1.37. The van der Waals surface area contributed by atoms with Gasteiger partial charge >= 0.3 is 6.09 Å². The van der Waals surface area contributed by atoms with E-state index in [9.17, 15) is 4.79 Å². The van der Waals surface area contributed by atoms with E-state index in [0.29, 0.717) is 0 Å². The summed E-state index contributed by atoms with van der Waals surface area (Å²) in [5.41, 5.74) is 1.95. The minimum absolute atomic E-state index is 0.0331. The molecule has 0 spiro atoms. The first-order chi connectivity index (χ1) is 9.13. The average Bonchev–Trinajstić information content (AvgIpc) is 2.86.